The molecule has 20 heavy (non-hydrogen) atoms. The molecule has 0 amide bonds. The van der Waals surface area contributed by atoms with Crippen molar-refractivity contribution in [3.63, 3.8) is 0 Å². The van der Waals surface area contributed by atoms with Gasteiger partial charge in [0.1, 0.15) is 0 Å². The average molecular weight is 261 g/mol. The summed E-state index contributed by atoms with van der Waals surface area (Å²) >= 11 is 0. The fourth-order valence-corrected chi connectivity index (χ4v) is 5.42. The number of nitrogens with zero attached hydrogens (tertiary/aromatic N) is 1. The van der Waals surface area contributed by atoms with E-state index in [9.17, 15) is 0 Å². The van der Waals surface area contributed by atoms with E-state index in [0.717, 1.165) is 17.5 Å². The molecule has 2 fully saturated rings. The van der Waals surface area contributed by atoms with E-state index >= 15 is 0 Å². The minimum atomic E-state index is 0.554. The Balaban J connectivity index is 1.65. The predicted molar refractivity (Wildman–Crippen MR) is 80.6 cm³/mol. The predicted octanol–water partition coefficient (Wildman–Crippen LogP) is 4.75. The van der Waals surface area contributed by atoms with E-state index < -0.39 is 0 Å². The van der Waals surface area contributed by atoms with Crippen LogP contribution in [0.2, 0.25) is 0 Å². The van der Waals surface area contributed by atoms with Gasteiger partial charge in [-0.25, -0.2) is 0 Å². The molecule has 1 nitrogen and oxygen atoms in total. The van der Waals surface area contributed by atoms with Crippen LogP contribution in [0.3, 0.4) is 0 Å². The highest BCUT2D eigenvalue weighted by Gasteiger charge is 2.74. The largest absolute Gasteiger partial charge is 0.256 e. The summed E-state index contributed by atoms with van der Waals surface area (Å²) in [6, 6.07) is 13.2. The van der Waals surface area contributed by atoms with Gasteiger partial charge < -0.3 is 0 Å². The maximum Gasteiger partial charge on any atom is 0.0702 e. The molecule has 0 aliphatic heterocycles. The zero-order valence-corrected chi connectivity index (χ0v) is 12.1. The lowest BCUT2D eigenvalue weighted by Crippen LogP contribution is -2.62. The third kappa shape index (κ3) is 0.994. The first-order valence-electron chi connectivity index (χ1n) is 7.69. The molecular weight excluding hydrogens is 242 g/mol. The lowest BCUT2D eigenvalue weighted by Gasteiger charge is -2.71. The molecule has 0 bridgehead atoms. The van der Waals surface area contributed by atoms with Crippen LogP contribution in [-0.2, 0) is 0 Å². The van der Waals surface area contributed by atoms with Crippen LogP contribution in [0.4, 0.5) is 0 Å². The van der Waals surface area contributed by atoms with E-state index in [0.29, 0.717) is 10.8 Å². The number of hydrogen-bond acceptors (Lipinski definition) is 1. The molecule has 1 aromatic heterocycles. The Morgan fingerprint density at radius 3 is 2.50 bits per heavy atom. The standard InChI is InChI=1S/C19H19N/c1-18-10-15-13-7-6-12(17-5-3-4-8-20-17)9-14(13)16(11-18)19(15,18)2/h3-9,15-16H,10-11H2,1-2H3. The fraction of sp³-hybridized carbons (Fsp3) is 0.421. The van der Waals surface area contributed by atoms with Crippen LogP contribution >= 0.6 is 0 Å². The van der Waals surface area contributed by atoms with Crippen molar-refractivity contribution < 1.29 is 0 Å². The minimum absolute atomic E-state index is 0.554. The van der Waals surface area contributed by atoms with Crippen LogP contribution in [0.1, 0.15) is 49.7 Å². The van der Waals surface area contributed by atoms with Crippen molar-refractivity contribution in [3.05, 3.63) is 53.7 Å². The molecule has 2 saturated carbocycles. The summed E-state index contributed by atoms with van der Waals surface area (Å²) in [5.41, 5.74) is 6.80. The number of hydrogen-bond donors (Lipinski definition) is 0. The van der Waals surface area contributed by atoms with Gasteiger partial charge in [-0.1, -0.05) is 32.0 Å². The molecule has 0 spiro atoms. The topological polar surface area (TPSA) is 12.9 Å². The molecule has 0 radical (unpaired) electrons. The van der Waals surface area contributed by atoms with Crippen molar-refractivity contribution >= 4 is 0 Å². The molecule has 1 aromatic carbocycles. The molecule has 0 N–H and O–H groups in total. The first kappa shape index (κ1) is 11.1. The van der Waals surface area contributed by atoms with Crippen molar-refractivity contribution in [1.29, 1.82) is 0 Å². The highest BCUT2D eigenvalue weighted by atomic mass is 14.8. The van der Waals surface area contributed by atoms with E-state index in [1.807, 2.05) is 12.3 Å². The van der Waals surface area contributed by atoms with E-state index in [2.05, 4.69) is 49.2 Å². The summed E-state index contributed by atoms with van der Waals surface area (Å²) in [5, 5.41) is 0. The Morgan fingerprint density at radius 1 is 1.00 bits per heavy atom. The van der Waals surface area contributed by atoms with Gasteiger partial charge in [0.05, 0.1) is 5.69 Å². The smallest absolute Gasteiger partial charge is 0.0702 e. The van der Waals surface area contributed by atoms with Gasteiger partial charge in [0.15, 0.2) is 0 Å². The fourth-order valence-electron chi connectivity index (χ4n) is 5.42. The van der Waals surface area contributed by atoms with Gasteiger partial charge in [0, 0.05) is 11.8 Å². The van der Waals surface area contributed by atoms with Crippen molar-refractivity contribution in [2.45, 2.75) is 38.5 Å². The van der Waals surface area contributed by atoms with Crippen LogP contribution in [0.15, 0.2) is 42.6 Å². The Kier molecular flexibility index (Phi) is 1.75. The molecule has 3 aliphatic carbocycles. The lowest BCUT2D eigenvalue weighted by atomic mass is 9.33. The molecule has 2 aromatic rings. The van der Waals surface area contributed by atoms with Gasteiger partial charge in [-0.05, 0) is 64.8 Å². The van der Waals surface area contributed by atoms with Crippen molar-refractivity contribution in [2.24, 2.45) is 10.8 Å². The second-order valence-electron chi connectivity index (χ2n) is 7.42. The maximum absolute atomic E-state index is 4.50. The second-order valence-corrected chi connectivity index (χ2v) is 7.42. The second kappa shape index (κ2) is 3.16. The monoisotopic (exact) mass is 261 g/mol. The van der Waals surface area contributed by atoms with Crippen LogP contribution in [0.5, 0.6) is 0 Å². The molecule has 3 aliphatic rings. The minimum Gasteiger partial charge on any atom is -0.256 e. The van der Waals surface area contributed by atoms with Gasteiger partial charge >= 0.3 is 0 Å². The summed E-state index contributed by atoms with van der Waals surface area (Å²) in [4.78, 5) is 4.50. The van der Waals surface area contributed by atoms with E-state index in [1.54, 1.807) is 11.1 Å². The molecule has 4 unspecified atom stereocenters. The van der Waals surface area contributed by atoms with Crippen molar-refractivity contribution in [1.82, 2.24) is 4.98 Å². The maximum atomic E-state index is 4.50. The van der Waals surface area contributed by atoms with Gasteiger partial charge in [-0.15, -0.1) is 0 Å². The number of benzene rings is 1. The first-order valence-corrected chi connectivity index (χ1v) is 7.69. The van der Waals surface area contributed by atoms with Gasteiger partial charge in [0.25, 0.3) is 0 Å². The first-order chi connectivity index (χ1) is 9.63. The van der Waals surface area contributed by atoms with Crippen LogP contribution < -0.4 is 0 Å². The van der Waals surface area contributed by atoms with Crippen LogP contribution in [0.25, 0.3) is 11.3 Å². The molecule has 1 heteroatoms. The van der Waals surface area contributed by atoms with Crippen LogP contribution in [-0.4, -0.2) is 4.98 Å². The van der Waals surface area contributed by atoms with Gasteiger partial charge in [0.2, 0.25) is 0 Å². The Bertz CT molecular complexity index is 720. The highest BCUT2D eigenvalue weighted by molar-refractivity contribution is 5.64. The third-order valence-corrected chi connectivity index (χ3v) is 6.86. The molecular formula is C19H19N. The van der Waals surface area contributed by atoms with E-state index in [4.69, 9.17) is 0 Å². The normalized spacial score (nSPS) is 39.5. The number of pyridine rings is 1. The molecule has 5 rings (SSSR count). The van der Waals surface area contributed by atoms with E-state index in [1.165, 1.54) is 18.4 Å². The molecule has 1 heterocycles. The summed E-state index contributed by atoms with van der Waals surface area (Å²) in [5.74, 6) is 1.61. The zero-order valence-electron chi connectivity index (χ0n) is 12.1. The number of fused-ring (bicyclic) bond motifs is 3. The summed E-state index contributed by atoms with van der Waals surface area (Å²) in [7, 11) is 0. The number of aromatic nitrogens is 1. The summed E-state index contributed by atoms with van der Waals surface area (Å²) in [6.07, 6.45) is 4.67. The van der Waals surface area contributed by atoms with E-state index in [-0.39, 0.29) is 0 Å². The molecule has 100 valence electrons. The zero-order chi connectivity index (χ0) is 13.5. The summed E-state index contributed by atoms with van der Waals surface area (Å²) < 4.78 is 0. The SMILES string of the molecule is CC12CC3c4ccc(-c5ccccn5)cc4C(C1)C32C. The van der Waals surface area contributed by atoms with Gasteiger partial charge in [-0.3, -0.25) is 4.98 Å². The number of rotatable bonds is 1. The molecule has 0 saturated heterocycles. The Morgan fingerprint density at radius 2 is 1.80 bits per heavy atom. The highest BCUT2D eigenvalue weighted by Crippen LogP contribution is 2.85. The van der Waals surface area contributed by atoms with Crippen molar-refractivity contribution in [3.8, 4) is 11.3 Å². The summed E-state index contributed by atoms with van der Waals surface area (Å²) in [6.45, 7) is 5.02. The van der Waals surface area contributed by atoms with Gasteiger partial charge in [-0.2, -0.15) is 0 Å². The Hall–Kier alpha value is -1.63. The van der Waals surface area contributed by atoms with Crippen molar-refractivity contribution in [2.75, 3.05) is 0 Å². The quantitative estimate of drug-likeness (QED) is 0.722. The molecule has 4 atom stereocenters. The Labute approximate surface area is 120 Å². The average Bonchev–Trinajstić information content (AvgIpc) is 2.60. The lowest BCUT2D eigenvalue weighted by molar-refractivity contribution is -0.182. The van der Waals surface area contributed by atoms with Crippen LogP contribution in [0, 0.1) is 10.8 Å². The third-order valence-electron chi connectivity index (χ3n) is 6.86.